The predicted octanol–water partition coefficient (Wildman–Crippen LogP) is 1.89. The van der Waals surface area contributed by atoms with Crippen molar-refractivity contribution in [3.8, 4) is 0 Å². The number of aliphatic hydroxyl groups is 1. The van der Waals surface area contributed by atoms with Gasteiger partial charge in [0.25, 0.3) is 0 Å². The molecule has 2 heterocycles. The second-order valence-electron chi connectivity index (χ2n) is 5.14. The molecule has 1 atom stereocenters. The fraction of sp³-hybridized carbons (Fsp3) is 0.333. The van der Waals surface area contributed by atoms with Gasteiger partial charge in [-0.05, 0) is 19.1 Å². The monoisotopic (exact) mass is 270 g/mol. The highest BCUT2D eigenvalue weighted by Crippen LogP contribution is 2.22. The summed E-state index contributed by atoms with van der Waals surface area (Å²) in [5.74, 6) is 0.877. The number of aromatic nitrogens is 4. The van der Waals surface area contributed by atoms with Crippen molar-refractivity contribution in [3.63, 3.8) is 0 Å². The third-order valence-electron chi connectivity index (χ3n) is 3.67. The second-order valence-corrected chi connectivity index (χ2v) is 5.14. The number of fused-ring (bicyclic) bond motifs is 1. The van der Waals surface area contributed by atoms with Gasteiger partial charge in [-0.15, -0.1) is 0 Å². The highest BCUT2D eigenvalue weighted by molar-refractivity contribution is 5.75. The molecular formula is C15H18N4O. The van der Waals surface area contributed by atoms with Crippen LogP contribution in [0.5, 0.6) is 0 Å². The van der Waals surface area contributed by atoms with E-state index >= 15 is 0 Å². The van der Waals surface area contributed by atoms with Crippen LogP contribution in [0.2, 0.25) is 0 Å². The van der Waals surface area contributed by atoms with Crippen LogP contribution in [0.25, 0.3) is 11.0 Å². The Bertz CT molecular complexity index is 756. The van der Waals surface area contributed by atoms with Gasteiger partial charge in [0.2, 0.25) is 0 Å². The minimum atomic E-state index is -0.584. The van der Waals surface area contributed by atoms with Crippen LogP contribution in [-0.4, -0.2) is 24.4 Å². The van der Waals surface area contributed by atoms with Gasteiger partial charge in [-0.2, -0.15) is 5.10 Å². The average molecular weight is 270 g/mol. The summed E-state index contributed by atoms with van der Waals surface area (Å²) in [5, 5.41) is 14.7. The van der Waals surface area contributed by atoms with Crippen molar-refractivity contribution in [1.29, 1.82) is 0 Å². The molecule has 0 aliphatic rings. The fourth-order valence-electron chi connectivity index (χ4n) is 2.61. The Morgan fingerprint density at radius 3 is 2.65 bits per heavy atom. The summed E-state index contributed by atoms with van der Waals surface area (Å²) >= 11 is 0. The lowest BCUT2D eigenvalue weighted by Gasteiger charge is -2.09. The molecule has 3 aromatic rings. The molecule has 0 aliphatic heterocycles. The van der Waals surface area contributed by atoms with E-state index in [1.54, 1.807) is 4.68 Å². The summed E-state index contributed by atoms with van der Waals surface area (Å²) in [4.78, 5) is 4.59. The van der Waals surface area contributed by atoms with Gasteiger partial charge in [0.05, 0.1) is 22.8 Å². The Balaban J connectivity index is 1.93. The molecule has 104 valence electrons. The minimum absolute atomic E-state index is 0.484. The number of hydrogen-bond acceptors (Lipinski definition) is 3. The molecule has 0 aliphatic carbocycles. The Labute approximate surface area is 117 Å². The quantitative estimate of drug-likeness (QED) is 0.790. The molecule has 1 aromatic carbocycles. The van der Waals surface area contributed by atoms with Crippen LogP contribution in [0.4, 0.5) is 0 Å². The molecule has 3 rings (SSSR count). The van der Waals surface area contributed by atoms with Crippen molar-refractivity contribution in [2.75, 3.05) is 0 Å². The maximum atomic E-state index is 10.4. The summed E-state index contributed by atoms with van der Waals surface area (Å²) in [7, 11) is 3.84. The molecule has 0 saturated heterocycles. The zero-order chi connectivity index (χ0) is 14.3. The average Bonchev–Trinajstić information content (AvgIpc) is 2.91. The normalized spacial score (nSPS) is 13.0. The van der Waals surface area contributed by atoms with Gasteiger partial charge in [0.1, 0.15) is 5.82 Å². The largest absolute Gasteiger partial charge is 0.388 e. The van der Waals surface area contributed by atoms with Crippen molar-refractivity contribution in [2.45, 2.75) is 19.4 Å². The number of rotatable bonds is 3. The van der Waals surface area contributed by atoms with Gasteiger partial charge in [0, 0.05) is 32.3 Å². The number of hydrogen-bond donors (Lipinski definition) is 1. The van der Waals surface area contributed by atoms with Crippen LogP contribution in [0.3, 0.4) is 0 Å². The molecule has 0 bridgehead atoms. The second kappa shape index (κ2) is 4.76. The lowest BCUT2D eigenvalue weighted by atomic mass is 10.1. The predicted molar refractivity (Wildman–Crippen MR) is 77.3 cm³/mol. The van der Waals surface area contributed by atoms with Crippen LogP contribution in [0.15, 0.2) is 30.5 Å². The van der Waals surface area contributed by atoms with E-state index in [1.807, 2.05) is 56.0 Å². The molecule has 0 saturated carbocycles. The molecule has 20 heavy (non-hydrogen) atoms. The first-order valence-electron chi connectivity index (χ1n) is 6.65. The standard InChI is InChI=1S/C15H18N4O/c1-10-11(9-18(2)17-10)14(20)8-15-16-12-6-4-5-7-13(12)19(15)3/h4-7,9,14,20H,8H2,1-3H3. The van der Waals surface area contributed by atoms with E-state index in [0.717, 1.165) is 28.1 Å². The van der Waals surface area contributed by atoms with Crippen molar-refractivity contribution < 1.29 is 5.11 Å². The first-order valence-corrected chi connectivity index (χ1v) is 6.65. The smallest absolute Gasteiger partial charge is 0.112 e. The molecule has 5 heteroatoms. The third kappa shape index (κ3) is 2.10. The van der Waals surface area contributed by atoms with Crippen LogP contribution < -0.4 is 0 Å². The number of para-hydroxylation sites is 2. The lowest BCUT2D eigenvalue weighted by Crippen LogP contribution is -2.07. The molecule has 1 unspecified atom stereocenters. The van der Waals surface area contributed by atoms with E-state index in [2.05, 4.69) is 10.1 Å². The Kier molecular flexibility index (Phi) is 3.06. The number of benzene rings is 1. The maximum absolute atomic E-state index is 10.4. The van der Waals surface area contributed by atoms with E-state index in [4.69, 9.17) is 0 Å². The van der Waals surface area contributed by atoms with E-state index in [0.29, 0.717) is 6.42 Å². The van der Waals surface area contributed by atoms with Crippen LogP contribution in [0, 0.1) is 6.92 Å². The number of imidazole rings is 1. The van der Waals surface area contributed by atoms with Gasteiger partial charge in [0.15, 0.2) is 0 Å². The van der Waals surface area contributed by atoms with Crippen LogP contribution in [-0.2, 0) is 20.5 Å². The van der Waals surface area contributed by atoms with Gasteiger partial charge in [-0.25, -0.2) is 4.98 Å². The molecule has 0 radical (unpaired) electrons. The van der Waals surface area contributed by atoms with Gasteiger partial charge in [-0.3, -0.25) is 4.68 Å². The summed E-state index contributed by atoms with van der Waals surface area (Å²) in [6.45, 7) is 1.91. The Morgan fingerprint density at radius 2 is 2.00 bits per heavy atom. The highest BCUT2D eigenvalue weighted by atomic mass is 16.3. The van der Waals surface area contributed by atoms with Crippen molar-refractivity contribution in [2.24, 2.45) is 14.1 Å². The SMILES string of the molecule is Cc1nn(C)cc1C(O)Cc1nc2ccccc2n1C. The number of aryl methyl sites for hydroxylation is 3. The summed E-state index contributed by atoms with van der Waals surface area (Å²) in [6.07, 6.45) is 1.76. The summed E-state index contributed by atoms with van der Waals surface area (Å²) in [6, 6.07) is 7.99. The number of nitrogens with zero attached hydrogens (tertiary/aromatic N) is 4. The van der Waals surface area contributed by atoms with Crippen molar-refractivity contribution >= 4 is 11.0 Å². The van der Waals surface area contributed by atoms with Crippen LogP contribution >= 0.6 is 0 Å². The minimum Gasteiger partial charge on any atom is -0.388 e. The van der Waals surface area contributed by atoms with Gasteiger partial charge in [-0.1, -0.05) is 12.1 Å². The Hall–Kier alpha value is -2.14. The zero-order valence-electron chi connectivity index (χ0n) is 11.9. The number of aliphatic hydroxyl groups excluding tert-OH is 1. The molecule has 1 N–H and O–H groups in total. The van der Waals surface area contributed by atoms with Crippen molar-refractivity contribution in [3.05, 3.63) is 47.5 Å². The topological polar surface area (TPSA) is 55.9 Å². The van der Waals surface area contributed by atoms with Gasteiger partial charge >= 0.3 is 0 Å². The van der Waals surface area contributed by atoms with Crippen LogP contribution in [0.1, 0.15) is 23.2 Å². The maximum Gasteiger partial charge on any atom is 0.112 e. The molecule has 5 nitrogen and oxygen atoms in total. The Morgan fingerprint density at radius 1 is 1.25 bits per heavy atom. The van der Waals surface area contributed by atoms with E-state index in [-0.39, 0.29) is 0 Å². The molecule has 0 amide bonds. The van der Waals surface area contributed by atoms with E-state index in [1.165, 1.54) is 0 Å². The first kappa shape index (κ1) is 12.9. The molecule has 2 aromatic heterocycles. The summed E-state index contributed by atoms with van der Waals surface area (Å²) < 4.78 is 3.76. The van der Waals surface area contributed by atoms with E-state index in [9.17, 15) is 5.11 Å². The summed E-state index contributed by atoms with van der Waals surface area (Å²) in [5.41, 5.74) is 3.76. The van der Waals surface area contributed by atoms with Crippen molar-refractivity contribution in [1.82, 2.24) is 19.3 Å². The zero-order valence-corrected chi connectivity index (χ0v) is 11.9. The highest BCUT2D eigenvalue weighted by Gasteiger charge is 2.17. The first-order chi connectivity index (χ1) is 9.56. The fourth-order valence-corrected chi connectivity index (χ4v) is 2.61. The molecule has 0 fully saturated rings. The molecular weight excluding hydrogens is 252 g/mol. The van der Waals surface area contributed by atoms with E-state index < -0.39 is 6.10 Å². The molecule has 0 spiro atoms. The lowest BCUT2D eigenvalue weighted by molar-refractivity contribution is 0.174. The third-order valence-corrected chi connectivity index (χ3v) is 3.67. The van der Waals surface area contributed by atoms with Gasteiger partial charge < -0.3 is 9.67 Å².